The highest BCUT2D eigenvalue weighted by Crippen LogP contribution is 2.31. The van der Waals surface area contributed by atoms with E-state index in [2.05, 4.69) is 16.8 Å². The molecule has 10 nitrogen and oxygen atoms in total. The molecule has 0 aliphatic rings. The minimum Gasteiger partial charge on any atom is -0.478 e. The van der Waals surface area contributed by atoms with Crippen molar-refractivity contribution in [1.29, 1.82) is 0 Å². The van der Waals surface area contributed by atoms with Crippen LogP contribution in [0.1, 0.15) is 54.7 Å². The highest BCUT2D eigenvalue weighted by molar-refractivity contribution is 7.90. The summed E-state index contributed by atoms with van der Waals surface area (Å²) in [5, 5.41) is 9.08. The molecular weight excluding hydrogens is 689 g/mol. The molecule has 0 saturated heterocycles. The van der Waals surface area contributed by atoms with E-state index in [9.17, 15) is 22.8 Å². The van der Waals surface area contributed by atoms with Crippen LogP contribution < -0.4 is 4.72 Å². The van der Waals surface area contributed by atoms with Crippen molar-refractivity contribution in [2.75, 3.05) is 18.3 Å². The lowest BCUT2D eigenvalue weighted by Crippen LogP contribution is -2.32. The lowest BCUT2D eigenvalue weighted by Gasteiger charge is -2.17. The maximum atomic E-state index is 15.8. The van der Waals surface area contributed by atoms with Gasteiger partial charge in [0.2, 0.25) is 5.78 Å². The van der Waals surface area contributed by atoms with Gasteiger partial charge in [0.1, 0.15) is 11.5 Å². The summed E-state index contributed by atoms with van der Waals surface area (Å²) in [6, 6.07) is 13.0. The standard InChI is InChI=1S/C33H22Cl2F2N4O6S/c1-3-40(2)48(46,47)39-26-14-13-25(36)28(29(26)37)30(42)22-17-41(32(43)27-23(34)5-4-6-24(27)35)31-21(22)15-19(16-38-31)8-7-18-9-11-20(12-10-18)33(44)45/h4-6,9-17,39H,3H2,1-2H3,(H,44,45). The number of hydrogen-bond acceptors (Lipinski definition) is 6. The number of fused-ring (bicyclic) bond motifs is 1. The topological polar surface area (TPSA) is 139 Å². The van der Waals surface area contributed by atoms with Gasteiger partial charge in [-0.05, 0) is 54.6 Å². The van der Waals surface area contributed by atoms with Gasteiger partial charge < -0.3 is 5.11 Å². The quantitative estimate of drug-likeness (QED) is 0.143. The Kier molecular flexibility index (Phi) is 9.65. The van der Waals surface area contributed by atoms with Crippen molar-refractivity contribution in [3.63, 3.8) is 0 Å². The molecule has 0 atom stereocenters. The number of anilines is 1. The summed E-state index contributed by atoms with van der Waals surface area (Å²) in [7, 11) is -3.00. The van der Waals surface area contributed by atoms with Crippen molar-refractivity contribution in [2.45, 2.75) is 6.92 Å². The van der Waals surface area contributed by atoms with Crippen LogP contribution in [0.3, 0.4) is 0 Å². The number of ketones is 1. The van der Waals surface area contributed by atoms with E-state index in [1.807, 2.05) is 4.72 Å². The third kappa shape index (κ3) is 6.65. The molecule has 3 aromatic carbocycles. The Balaban J connectivity index is 1.67. The van der Waals surface area contributed by atoms with Gasteiger partial charge >= 0.3 is 16.2 Å². The van der Waals surface area contributed by atoms with E-state index in [1.54, 1.807) is 6.92 Å². The fraction of sp³-hybridized carbons (Fsp3) is 0.0909. The van der Waals surface area contributed by atoms with E-state index in [1.165, 1.54) is 61.8 Å². The number of halogens is 4. The predicted molar refractivity (Wildman–Crippen MR) is 176 cm³/mol. The largest absolute Gasteiger partial charge is 0.478 e. The Labute approximate surface area is 282 Å². The summed E-state index contributed by atoms with van der Waals surface area (Å²) in [6.45, 7) is 1.59. The lowest BCUT2D eigenvalue weighted by atomic mass is 10.0. The van der Waals surface area contributed by atoms with Crippen molar-refractivity contribution >= 4 is 67.8 Å². The third-order valence-corrected chi connectivity index (χ3v) is 9.37. The van der Waals surface area contributed by atoms with E-state index in [0.717, 1.165) is 27.2 Å². The average Bonchev–Trinajstić information content (AvgIpc) is 3.43. The van der Waals surface area contributed by atoms with E-state index in [4.69, 9.17) is 28.3 Å². The average molecular weight is 712 g/mol. The first-order valence-electron chi connectivity index (χ1n) is 13.9. The van der Waals surface area contributed by atoms with Crippen molar-refractivity contribution < 1.29 is 36.7 Å². The van der Waals surface area contributed by atoms with Gasteiger partial charge in [-0.25, -0.2) is 18.6 Å². The molecule has 244 valence electrons. The predicted octanol–water partition coefficient (Wildman–Crippen LogP) is 6.25. The molecule has 48 heavy (non-hydrogen) atoms. The number of carboxylic acid groups (broad SMARTS) is 1. The number of aromatic carboxylic acids is 1. The molecule has 0 radical (unpaired) electrons. The molecule has 5 aromatic rings. The van der Waals surface area contributed by atoms with Gasteiger partial charge in [-0.15, -0.1) is 0 Å². The van der Waals surface area contributed by atoms with Gasteiger partial charge in [0.25, 0.3) is 5.91 Å². The van der Waals surface area contributed by atoms with Crippen LogP contribution in [0.15, 0.2) is 73.1 Å². The van der Waals surface area contributed by atoms with E-state index >= 15 is 8.78 Å². The molecule has 15 heteroatoms. The molecule has 0 bridgehead atoms. The number of nitrogens with zero attached hydrogens (tertiary/aromatic N) is 3. The molecule has 2 heterocycles. The van der Waals surface area contributed by atoms with Crippen LogP contribution in [0.5, 0.6) is 0 Å². The second-order valence-corrected chi connectivity index (χ2v) is 12.8. The van der Waals surface area contributed by atoms with E-state index in [-0.39, 0.29) is 49.9 Å². The number of rotatable bonds is 8. The van der Waals surface area contributed by atoms with Crippen LogP contribution in [0.2, 0.25) is 10.0 Å². The molecule has 2 N–H and O–H groups in total. The molecular formula is C33H22Cl2F2N4O6S. The fourth-order valence-corrected chi connectivity index (χ4v) is 6.03. The first-order chi connectivity index (χ1) is 22.7. The Morgan fingerprint density at radius 3 is 2.25 bits per heavy atom. The number of benzene rings is 3. The number of aromatic nitrogens is 2. The maximum absolute atomic E-state index is 15.8. The molecule has 2 aromatic heterocycles. The number of pyridine rings is 1. The number of nitrogens with one attached hydrogen (secondary N) is 1. The monoisotopic (exact) mass is 710 g/mol. The summed E-state index contributed by atoms with van der Waals surface area (Å²) in [6.07, 6.45) is 2.33. The van der Waals surface area contributed by atoms with Crippen LogP contribution in [0.4, 0.5) is 14.5 Å². The van der Waals surface area contributed by atoms with Crippen molar-refractivity contribution in [2.24, 2.45) is 0 Å². The summed E-state index contributed by atoms with van der Waals surface area (Å²) in [4.78, 5) is 43.1. The summed E-state index contributed by atoms with van der Waals surface area (Å²) in [5.41, 5.74) is -1.62. The van der Waals surface area contributed by atoms with Crippen LogP contribution in [0.25, 0.3) is 11.0 Å². The van der Waals surface area contributed by atoms with Crippen molar-refractivity contribution in [3.05, 3.63) is 128 Å². The normalized spacial score (nSPS) is 11.3. The number of carbonyl (C=O) groups excluding carboxylic acids is 2. The third-order valence-electron chi connectivity index (χ3n) is 7.18. The Morgan fingerprint density at radius 2 is 1.62 bits per heavy atom. The molecule has 0 amide bonds. The summed E-state index contributed by atoms with van der Waals surface area (Å²) in [5.74, 6) is -0.243. The first-order valence-corrected chi connectivity index (χ1v) is 16.0. The SMILES string of the molecule is CCN(C)S(=O)(=O)Nc1ccc(F)c(C(=O)c2cn(C(=O)c3c(Cl)cccc3Cl)c3ncc(C#Cc4ccc(C(=O)O)cc4)cc23)c1F. The zero-order valence-electron chi connectivity index (χ0n) is 24.9. The second-order valence-electron chi connectivity index (χ2n) is 10.2. The van der Waals surface area contributed by atoms with Gasteiger partial charge in [0.05, 0.1) is 38.0 Å². The Hall–Kier alpha value is -5.13. The second kappa shape index (κ2) is 13.5. The molecule has 5 rings (SSSR count). The zero-order chi connectivity index (χ0) is 34.9. The molecule has 0 aliphatic carbocycles. The Bertz CT molecular complexity index is 2300. The van der Waals surface area contributed by atoms with Gasteiger partial charge in [-0.3, -0.25) is 18.9 Å². The lowest BCUT2D eigenvalue weighted by molar-refractivity contribution is 0.0696. The highest BCUT2D eigenvalue weighted by Gasteiger charge is 2.29. The highest BCUT2D eigenvalue weighted by atomic mass is 35.5. The number of carboxylic acids is 1. The van der Waals surface area contributed by atoms with Gasteiger partial charge in [-0.1, -0.05) is 48.0 Å². The Morgan fingerprint density at radius 1 is 0.979 bits per heavy atom. The summed E-state index contributed by atoms with van der Waals surface area (Å²) >= 11 is 12.5. The van der Waals surface area contributed by atoms with Crippen molar-refractivity contribution in [1.82, 2.24) is 13.9 Å². The van der Waals surface area contributed by atoms with Gasteiger partial charge in [0, 0.05) is 42.5 Å². The molecule has 0 fully saturated rings. The van der Waals surface area contributed by atoms with Gasteiger partial charge in [0.15, 0.2) is 5.82 Å². The molecule has 0 spiro atoms. The molecule has 0 unspecified atom stereocenters. The van der Waals surface area contributed by atoms with Crippen molar-refractivity contribution in [3.8, 4) is 11.8 Å². The first kappa shape index (κ1) is 34.2. The van der Waals surface area contributed by atoms with Crippen LogP contribution in [0, 0.1) is 23.5 Å². The summed E-state index contributed by atoms with van der Waals surface area (Å²) < 4.78 is 60.0. The number of hydrogen-bond donors (Lipinski definition) is 2. The smallest absolute Gasteiger partial charge is 0.335 e. The van der Waals surface area contributed by atoms with Gasteiger partial charge in [-0.2, -0.15) is 12.7 Å². The van der Waals surface area contributed by atoms with E-state index in [0.29, 0.717) is 5.56 Å². The zero-order valence-corrected chi connectivity index (χ0v) is 27.2. The number of carbonyl (C=O) groups is 3. The maximum Gasteiger partial charge on any atom is 0.335 e. The molecule has 0 saturated carbocycles. The van der Waals surface area contributed by atoms with E-state index < -0.39 is 50.8 Å². The fourth-order valence-electron chi connectivity index (χ4n) is 4.54. The van der Waals surface area contributed by atoms with Crippen LogP contribution in [-0.4, -0.2) is 58.6 Å². The van der Waals surface area contributed by atoms with Crippen LogP contribution >= 0.6 is 23.2 Å². The minimum atomic E-state index is -4.25. The molecule has 0 aliphatic heterocycles. The van der Waals surface area contributed by atoms with Crippen LogP contribution in [-0.2, 0) is 10.2 Å². The minimum absolute atomic E-state index is 0.00671.